The normalized spacial score (nSPS) is 11.2. The maximum absolute atomic E-state index is 9.75. The second kappa shape index (κ2) is 13.1. The molecule has 0 aliphatic carbocycles. The fourth-order valence-corrected chi connectivity index (χ4v) is 4.70. The number of hydrogen-bond acceptors (Lipinski definition) is 0. The summed E-state index contributed by atoms with van der Waals surface area (Å²) in [6.45, 7) is 13.0. The Morgan fingerprint density at radius 2 is 0.625 bits per heavy atom. The molecule has 40 heavy (non-hydrogen) atoms. The van der Waals surface area contributed by atoms with Crippen molar-refractivity contribution in [3.05, 3.63) is 107 Å². The summed E-state index contributed by atoms with van der Waals surface area (Å²) in [6, 6.07) is 17.8. The molecule has 2 nitrogen and oxygen atoms in total. The molecule has 0 bridgehead atoms. The molecular formula is C28H30B2F8N2. The Hall–Kier alpha value is -3.69. The van der Waals surface area contributed by atoms with Crippen LogP contribution in [0.15, 0.2) is 73.3 Å². The summed E-state index contributed by atoms with van der Waals surface area (Å²) in [5.74, 6) is 0. The summed E-state index contributed by atoms with van der Waals surface area (Å²) in [5, 5.41) is 0. The third-order valence-corrected chi connectivity index (χ3v) is 5.78. The Labute approximate surface area is 229 Å². The molecule has 0 saturated carbocycles. The van der Waals surface area contributed by atoms with Gasteiger partial charge in [-0.25, -0.2) is 0 Å². The molecule has 0 radical (unpaired) electrons. The predicted octanol–water partition coefficient (Wildman–Crippen LogP) is 8.36. The number of benzene rings is 2. The number of aromatic nitrogens is 2. The molecule has 2 heterocycles. The smallest absolute Gasteiger partial charge is 0.418 e. The molecule has 2 aromatic heterocycles. The van der Waals surface area contributed by atoms with Crippen LogP contribution in [0.5, 0.6) is 0 Å². The highest BCUT2D eigenvalue weighted by molar-refractivity contribution is 6.50. The minimum absolute atomic E-state index is 1.22. The average Bonchev–Trinajstić information content (AvgIpc) is 2.76. The van der Waals surface area contributed by atoms with E-state index in [1.807, 2.05) is 0 Å². The van der Waals surface area contributed by atoms with E-state index >= 15 is 0 Å². The molecule has 2 aromatic carbocycles. The highest BCUT2D eigenvalue weighted by atomic mass is 19.5. The minimum atomic E-state index is -6.00. The molecule has 0 amide bonds. The lowest BCUT2D eigenvalue weighted by molar-refractivity contribution is -0.597. The highest BCUT2D eigenvalue weighted by Crippen LogP contribution is 2.21. The van der Waals surface area contributed by atoms with Crippen molar-refractivity contribution in [1.29, 1.82) is 0 Å². The molecule has 4 rings (SSSR count). The van der Waals surface area contributed by atoms with Gasteiger partial charge in [-0.2, -0.15) is 9.13 Å². The van der Waals surface area contributed by atoms with Crippen LogP contribution in [0.25, 0.3) is 22.5 Å². The standard InChI is InChI=1S/C28H30N2.2BF4/c1-19-15-21(3)27(22(4)16-19)29-11-7-25(8-12-29)26-9-13-30(14-10-26)28-23(5)17-20(2)18-24(28)6;2*2-1(3,4)5/h7-18H,1-6H3;;/q+2;2*-1. The van der Waals surface area contributed by atoms with Crippen molar-refractivity contribution >= 4 is 14.5 Å². The zero-order valence-electron chi connectivity index (χ0n) is 23.0. The number of rotatable bonds is 3. The van der Waals surface area contributed by atoms with Crippen LogP contribution >= 0.6 is 0 Å². The molecule has 0 spiro atoms. The number of halogens is 8. The van der Waals surface area contributed by atoms with E-state index in [9.17, 15) is 34.5 Å². The maximum Gasteiger partial charge on any atom is 0.673 e. The van der Waals surface area contributed by atoms with Crippen molar-refractivity contribution in [2.24, 2.45) is 0 Å². The molecule has 4 aromatic rings. The molecule has 0 aliphatic rings. The van der Waals surface area contributed by atoms with Gasteiger partial charge in [-0.1, -0.05) is 11.1 Å². The lowest BCUT2D eigenvalue weighted by Crippen LogP contribution is -2.32. The molecule has 214 valence electrons. The monoisotopic (exact) mass is 568 g/mol. The molecule has 0 atom stereocenters. The predicted molar refractivity (Wildman–Crippen MR) is 144 cm³/mol. The Bertz CT molecular complexity index is 1260. The Morgan fingerprint density at radius 3 is 0.825 bits per heavy atom. The molecule has 0 unspecified atom stereocenters. The van der Waals surface area contributed by atoms with Gasteiger partial charge in [-0.3, -0.25) is 0 Å². The van der Waals surface area contributed by atoms with E-state index < -0.39 is 14.5 Å². The van der Waals surface area contributed by atoms with Crippen LogP contribution in [-0.4, -0.2) is 14.5 Å². The first kappa shape index (κ1) is 32.5. The number of pyridine rings is 2. The van der Waals surface area contributed by atoms with Crippen molar-refractivity contribution in [3.8, 4) is 22.5 Å². The molecule has 0 fully saturated rings. The summed E-state index contributed by atoms with van der Waals surface area (Å²) >= 11 is 0. The first-order valence-electron chi connectivity index (χ1n) is 12.3. The van der Waals surface area contributed by atoms with E-state index in [1.165, 1.54) is 55.9 Å². The zero-order valence-corrected chi connectivity index (χ0v) is 23.0. The van der Waals surface area contributed by atoms with Crippen molar-refractivity contribution in [1.82, 2.24) is 0 Å². The number of hydrogen-bond donors (Lipinski definition) is 0. The van der Waals surface area contributed by atoms with Crippen LogP contribution in [0.4, 0.5) is 34.5 Å². The zero-order chi connectivity index (χ0) is 30.4. The van der Waals surface area contributed by atoms with Crippen LogP contribution in [0.2, 0.25) is 0 Å². The third-order valence-electron chi connectivity index (χ3n) is 5.78. The Balaban J connectivity index is 0.000000482. The topological polar surface area (TPSA) is 7.76 Å². The van der Waals surface area contributed by atoms with E-state index in [4.69, 9.17) is 0 Å². The van der Waals surface area contributed by atoms with Crippen molar-refractivity contribution in [2.75, 3.05) is 0 Å². The minimum Gasteiger partial charge on any atom is -0.418 e. The second-order valence-electron chi connectivity index (χ2n) is 9.47. The fourth-order valence-electron chi connectivity index (χ4n) is 4.70. The van der Waals surface area contributed by atoms with Gasteiger partial charge in [0, 0.05) is 46.5 Å². The molecule has 0 N–H and O–H groups in total. The average molecular weight is 568 g/mol. The van der Waals surface area contributed by atoms with Crippen molar-refractivity contribution in [3.63, 3.8) is 0 Å². The second-order valence-corrected chi connectivity index (χ2v) is 9.47. The first-order valence-corrected chi connectivity index (χ1v) is 12.3. The van der Waals surface area contributed by atoms with Gasteiger partial charge in [0.25, 0.3) is 0 Å². The van der Waals surface area contributed by atoms with Gasteiger partial charge in [0.15, 0.2) is 24.8 Å². The highest BCUT2D eigenvalue weighted by Gasteiger charge is 2.21. The van der Waals surface area contributed by atoms with Gasteiger partial charge in [0.2, 0.25) is 11.4 Å². The summed E-state index contributed by atoms with van der Waals surface area (Å²) < 4.78 is 82.4. The van der Waals surface area contributed by atoms with Crippen molar-refractivity contribution < 1.29 is 43.7 Å². The Kier molecular flexibility index (Phi) is 10.7. The first-order chi connectivity index (χ1) is 18.3. The summed E-state index contributed by atoms with van der Waals surface area (Å²) in [6.07, 6.45) is 8.65. The summed E-state index contributed by atoms with van der Waals surface area (Å²) in [4.78, 5) is 0. The van der Waals surface area contributed by atoms with Crippen LogP contribution in [0.3, 0.4) is 0 Å². The van der Waals surface area contributed by atoms with Gasteiger partial charge in [-0.05, 0) is 76.9 Å². The number of aryl methyl sites for hydroxylation is 6. The maximum atomic E-state index is 9.75. The largest absolute Gasteiger partial charge is 0.673 e. The van der Waals surface area contributed by atoms with Crippen molar-refractivity contribution in [2.45, 2.75) is 41.5 Å². The SMILES string of the molecule is Cc1cc(C)c(-[n+]2ccc(-c3cc[n+](-c4c(C)cc(C)cc4C)cc3)cc2)c(C)c1.F[B-](F)(F)F.F[B-](F)(F)F. The van der Waals surface area contributed by atoms with E-state index in [2.05, 4.69) is 124 Å². The lowest BCUT2D eigenvalue weighted by Gasteiger charge is -2.08. The van der Waals surface area contributed by atoms with E-state index in [1.54, 1.807) is 0 Å². The van der Waals surface area contributed by atoms with Gasteiger partial charge in [0.05, 0.1) is 0 Å². The van der Waals surface area contributed by atoms with E-state index in [0.29, 0.717) is 0 Å². The van der Waals surface area contributed by atoms with Crippen LogP contribution in [-0.2, 0) is 0 Å². The fraction of sp³-hybridized carbons (Fsp3) is 0.214. The third kappa shape index (κ3) is 10.5. The summed E-state index contributed by atoms with van der Waals surface area (Å²) in [5.41, 5.74) is 12.8. The van der Waals surface area contributed by atoms with Gasteiger partial charge in [-0.15, -0.1) is 0 Å². The van der Waals surface area contributed by atoms with Crippen LogP contribution < -0.4 is 9.13 Å². The number of nitrogens with zero attached hydrogens (tertiary/aromatic N) is 2. The van der Waals surface area contributed by atoms with Crippen LogP contribution in [0, 0.1) is 41.5 Å². The molecule has 12 heteroatoms. The van der Waals surface area contributed by atoms with E-state index in [-0.39, 0.29) is 0 Å². The molecule has 0 saturated heterocycles. The molecule has 0 aliphatic heterocycles. The lowest BCUT2D eigenvalue weighted by atomic mass is 10.0. The van der Waals surface area contributed by atoms with Crippen LogP contribution in [0.1, 0.15) is 33.4 Å². The molecular weight excluding hydrogens is 538 g/mol. The van der Waals surface area contributed by atoms with Gasteiger partial charge < -0.3 is 34.5 Å². The van der Waals surface area contributed by atoms with Gasteiger partial charge in [0.1, 0.15) is 0 Å². The summed E-state index contributed by atoms with van der Waals surface area (Å²) in [7, 11) is -12.0. The van der Waals surface area contributed by atoms with Gasteiger partial charge >= 0.3 is 14.5 Å². The van der Waals surface area contributed by atoms with E-state index in [0.717, 1.165) is 0 Å². The quantitative estimate of drug-likeness (QED) is 0.133. The Morgan fingerprint density at radius 1 is 0.425 bits per heavy atom.